The molecular formula is C7H10N4O2S. The first kappa shape index (κ1) is 10.5. The Morgan fingerprint density at radius 2 is 2.50 bits per heavy atom. The predicted octanol–water partition coefficient (Wildman–Crippen LogP) is -0.0488. The van der Waals surface area contributed by atoms with Crippen molar-refractivity contribution in [2.24, 2.45) is 10.9 Å². The van der Waals surface area contributed by atoms with E-state index in [0.717, 1.165) is 0 Å². The van der Waals surface area contributed by atoms with E-state index >= 15 is 0 Å². The van der Waals surface area contributed by atoms with E-state index in [-0.39, 0.29) is 5.71 Å². The number of nitrogen functional groups attached to an aromatic ring is 1. The van der Waals surface area contributed by atoms with E-state index in [9.17, 15) is 4.79 Å². The second kappa shape index (κ2) is 4.56. The van der Waals surface area contributed by atoms with Crippen LogP contribution in [0.15, 0.2) is 10.5 Å². The van der Waals surface area contributed by atoms with Gasteiger partial charge in [-0.05, 0) is 6.92 Å². The maximum absolute atomic E-state index is 11.0. The summed E-state index contributed by atoms with van der Waals surface area (Å²) in [6, 6.07) is 0. The fourth-order valence-electron chi connectivity index (χ4n) is 0.743. The van der Waals surface area contributed by atoms with Crippen LogP contribution in [0, 0.1) is 0 Å². The Hall–Kier alpha value is -1.63. The Balaban J connectivity index is 2.94. The lowest BCUT2D eigenvalue weighted by Gasteiger charge is -1.97. The zero-order chi connectivity index (χ0) is 10.6. The van der Waals surface area contributed by atoms with Gasteiger partial charge < -0.3 is 16.3 Å². The summed E-state index contributed by atoms with van der Waals surface area (Å²) in [5, 5.41) is 5.50. The standard InChI is InChI=1S/C7H10N4O2S/c1-2-13-11-5(6(8)12)4-3-14-7(9)10-4/h3H,2H2,1H3,(H2,8,12)(H2,9,10)/b11-5+. The molecule has 0 atom stereocenters. The second-order valence-corrected chi connectivity index (χ2v) is 3.18. The number of amides is 1. The van der Waals surface area contributed by atoms with Crippen LogP contribution in [0.1, 0.15) is 12.6 Å². The minimum atomic E-state index is -0.691. The van der Waals surface area contributed by atoms with Gasteiger partial charge in [0.15, 0.2) is 10.8 Å². The van der Waals surface area contributed by atoms with E-state index in [1.807, 2.05) is 0 Å². The minimum absolute atomic E-state index is 0.0141. The van der Waals surface area contributed by atoms with Crippen molar-refractivity contribution in [1.29, 1.82) is 0 Å². The number of hydrogen-bond donors (Lipinski definition) is 2. The van der Waals surface area contributed by atoms with Gasteiger partial charge in [0.2, 0.25) is 0 Å². The monoisotopic (exact) mass is 214 g/mol. The molecule has 1 aromatic heterocycles. The van der Waals surface area contributed by atoms with Crippen molar-refractivity contribution < 1.29 is 9.63 Å². The fourth-order valence-corrected chi connectivity index (χ4v) is 1.29. The van der Waals surface area contributed by atoms with Crippen LogP contribution in [0.2, 0.25) is 0 Å². The number of nitrogens with two attached hydrogens (primary N) is 2. The molecule has 4 N–H and O–H groups in total. The molecule has 0 aliphatic carbocycles. The normalized spacial score (nSPS) is 11.4. The van der Waals surface area contributed by atoms with Crippen LogP contribution in [-0.2, 0) is 9.63 Å². The second-order valence-electron chi connectivity index (χ2n) is 2.29. The summed E-state index contributed by atoms with van der Waals surface area (Å²) in [6.07, 6.45) is 0. The Morgan fingerprint density at radius 1 is 1.79 bits per heavy atom. The molecule has 14 heavy (non-hydrogen) atoms. The number of carbonyl (C=O) groups excluding carboxylic acids is 1. The summed E-state index contributed by atoms with van der Waals surface area (Å²) < 4.78 is 0. The Kier molecular flexibility index (Phi) is 3.41. The van der Waals surface area contributed by atoms with Gasteiger partial charge in [-0.25, -0.2) is 4.98 Å². The topological polar surface area (TPSA) is 104 Å². The van der Waals surface area contributed by atoms with Crippen molar-refractivity contribution >= 4 is 28.1 Å². The number of rotatable bonds is 4. The molecule has 0 saturated heterocycles. The van der Waals surface area contributed by atoms with Crippen molar-refractivity contribution in [2.45, 2.75) is 6.92 Å². The van der Waals surface area contributed by atoms with Crippen LogP contribution < -0.4 is 11.5 Å². The molecular weight excluding hydrogens is 204 g/mol. The summed E-state index contributed by atoms with van der Waals surface area (Å²) >= 11 is 1.21. The van der Waals surface area contributed by atoms with Crippen LogP contribution in [-0.4, -0.2) is 23.2 Å². The lowest BCUT2D eigenvalue weighted by Crippen LogP contribution is -2.25. The number of aromatic nitrogens is 1. The molecule has 1 heterocycles. The fraction of sp³-hybridized carbons (Fsp3) is 0.286. The van der Waals surface area contributed by atoms with E-state index in [2.05, 4.69) is 10.1 Å². The highest BCUT2D eigenvalue weighted by Crippen LogP contribution is 2.11. The van der Waals surface area contributed by atoms with Gasteiger partial charge in [0, 0.05) is 5.38 Å². The average molecular weight is 214 g/mol. The molecule has 6 nitrogen and oxygen atoms in total. The minimum Gasteiger partial charge on any atom is -0.395 e. The molecule has 0 aromatic carbocycles. The van der Waals surface area contributed by atoms with Gasteiger partial charge in [-0.15, -0.1) is 11.3 Å². The maximum atomic E-state index is 11.0. The van der Waals surface area contributed by atoms with E-state index in [4.69, 9.17) is 16.3 Å². The third kappa shape index (κ3) is 2.43. The number of primary amides is 1. The predicted molar refractivity (Wildman–Crippen MR) is 53.9 cm³/mol. The van der Waals surface area contributed by atoms with Crippen molar-refractivity contribution in [3.05, 3.63) is 11.1 Å². The molecule has 0 spiro atoms. The number of nitrogens with zero attached hydrogens (tertiary/aromatic N) is 2. The first-order valence-electron chi connectivity index (χ1n) is 3.86. The number of carbonyl (C=O) groups is 1. The zero-order valence-corrected chi connectivity index (χ0v) is 8.37. The summed E-state index contributed by atoms with van der Waals surface area (Å²) in [7, 11) is 0. The molecule has 0 unspecified atom stereocenters. The van der Waals surface area contributed by atoms with Crippen LogP contribution in [0.25, 0.3) is 0 Å². The molecule has 1 amide bonds. The lowest BCUT2D eigenvalue weighted by molar-refractivity contribution is -0.112. The third-order valence-corrected chi connectivity index (χ3v) is 1.96. The van der Waals surface area contributed by atoms with Gasteiger partial charge in [-0.1, -0.05) is 5.16 Å². The molecule has 0 aliphatic heterocycles. The number of thiazole rings is 1. The quantitative estimate of drug-likeness (QED) is 0.541. The summed E-state index contributed by atoms with van der Waals surface area (Å²) in [6.45, 7) is 2.11. The van der Waals surface area contributed by atoms with Gasteiger partial charge in [-0.3, -0.25) is 4.79 Å². The Bertz CT molecular complexity index is 360. The summed E-state index contributed by atoms with van der Waals surface area (Å²) in [5.41, 5.74) is 10.8. The van der Waals surface area contributed by atoms with Gasteiger partial charge in [-0.2, -0.15) is 0 Å². The van der Waals surface area contributed by atoms with Crippen molar-refractivity contribution in [2.75, 3.05) is 12.3 Å². The Morgan fingerprint density at radius 3 is 2.93 bits per heavy atom. The highest BCUT2D eigenvalue weighted by molar-refractivity contribution is 7.13. The molecule has 0 saturated carbocycles. The lowest BCUT2D eigenvalue weighted by atomic mass is 10.3. The van der Waals surface area contributed by atoms with Gasteiger partial charge in [0.25, 0.3) is 5.91 Å². The largest absolute Gasteiger partial charge is 0.395 e. The van der Waals surface area contributed by atoms with Crippen LogP contribution in [0.5, 0.6) is 0 Å². The number of anilines is 1. The third-order valence-electron chi connectivity index (χ3n) is 1.28. The van der Waals surface area contributed by atoms with E-state index in [0.29, 0.717) is 17.4 Å². The van der Waals surface area contributed by atoms with E-state index in [1.54, 1.807) is 12.3 Å². The van der Waals surface area contributed by atoms with Crippen molar-refractivity contribution in [1.82, 2.24) is 4.98 Å². The molecule has 0 bridgehead atoms. The SMILES string of the molecule is CCO/N=C(/C(N)=O)c1csc(N)n1. The average Bonchev–Trinajstić information content (AvgIpc) is 2.52. The molecule has 1 aromatic rings. The maximum Gasteiger partial charge on any atom is 0.273 e. The van der Waals surface area contributed by atoms with Gasteiger partial charge in [0.1, 0.15) is 12.3 Å². The molecule has 1 rings (SSSR count). The number of hydrogen-bond acceptors (Lipinski definition) is 6. The molecule has 0 aliphatic rings. The molecule has 7 heteroatoms. The highest BCUT2D eigenvalue weighted by atomic mass is 32.1. The molecule has 0 fully saturated rings. The zero-order valence-electron chi connectivity index (χ0n) is 7.56. The Labute approximate surface area is 84.6 Å². The molecule has 0 radical (unpaired) electrons. The summed E-state index contributed by atoms with van der Waals surface area (Å²) in [5.74, 6) is -0.691. The van der Waals surface area contributed by atoms with E-state index in [1.165, 1.54) is 11.3 Å². The first-order chi connectivity index (χ1) is 6.65. The van der Waals surface area contributed by atoms with Crippen LogP contribution >= 0.6 is 11.3 Å². The molecule has 76 valence electrons. The summed E-state index contributed by atoms with van der Waals surface area (Å²) in [4.78, 5) is 19.6. The first-order valence-corrected chi connectivity index (χ1v) is 4.74. The van der Waals surface area contributed by atoms with Crippen molar-refractivity contribution in [3.8, 4) is 0 Å². The van der Waals surface area contributed by atoms with Gasteiger partial charge >= 0.3 is 0 Å². The highest BCUT2D eigenvalue weighted by Gasteiger charge is 2.14. The van der Waals surface area contributed by atoms with Crippen LogP contribution in [0.4, 0.5) is 5.13 Å². The van der Waals surface area contributed by atoms with Crippen LogP contribution in [0.3, 0.4) is 0 Å². The van der Waals surface area contributed by atoms with Gasteiger partial charge in [0.05, 0.1) is 0 Å². The smallest absolute Gasteiger partial charge is 0.273 e. The van der Waals surface area contributed by atoms with E-state index < -0.39 is 5.91 Å². The number of oxime groups is 1. The van der Waals surface area contributed by atoms with Crippen molar-refractivity contribution in [3.63, 3.8) is 0 Å².